The predicted molar refractivity (Wildman–Crippen MR) is 78.5 cm³/mol. The van der Waals surface area contributed by atoms with E-state index in [4.69, 9.17) is 4.74 Å². The predicted octanol–water partition coefficient (Wildman–Crippen LogP) is 1.89. The Hall–Kier alpha value is -2.37. The maximum Gasteiger partial charge on any atom is 0.354 e. The van der Waals surface area contributed by atoms with E-state index in [9.17, 15) is 14.7 Å². The summed E-state index contributed by atoms with van der Waals surface area (Å²) in [6, 6.07) is 4.70. The van der Waals surface area contributed by atoms with Gasteiger partial charge in [0.25, 0.3) is 0 Å². The molecule has 1 atom stereocenters. The summed E-state index contributed by atoms with van der Waals surface area (Å²) in [6.07, 6.45) is 0.0432. The molecule has 1 N–H and O–H groups in total. The topological polar surface area (TPSA) is 79.2 Å². The van der Waals surface area contributed by atoms with Gasteiger partial charge >= 0.3 is 11.9 Å². The Balaban J connectivity index is 2.40. The van der Waals surface area contributed by atoms with Gasteiger partial charge in [0.1, 0.15) is 5.71 Å². The third-order valence-electron chi connectivity index (χ3n) is 3.53. The molecule has 0 amide bonds. The molecule has 0 spiro atoms. The zero-order valence-electron chi connectivity index (χ0n) is 12.3. The van der Waals surface area contributed by atoms with Crippen LogP contribution in [0.2, 0.25) is 0 Å². The molecular weight excluding hydrogens is 272 g/mol. The van der Waals surface area contributed by atoms with Crippen LogP contribution < -0.4 is 5.01 Å². The second-order valence-electron chi connectivity index (χ2n) is 4.89. The van der Waals surface area contributed by atoms with Crippen LogP contribution in [0, 0.1) is 13.8 Å². The van der Waals surface area contributed by atoms with E-state index in [-0.39, 0.29) is 18.7 Å². The summed E-state index contributed by atoms with van der Waals surface area (Å²) in [4.78, 5) is 23.2. The van der Waals surface area contributed by atoms with Crippen LogP contribution in [0.3, 0.4) is 0 Å². The molecule has 1 aliphatic heterocycles. The molecule has 1 heterocycles. The Kier molecular flexibility index (Phi) is 4.26. The first-order valence-electron chi connectivity index (χ1n) is 6.78. The molecule has 1 aromatic rings. The van der Waals surface area contributed by atoms with Gasteiger partial charge in [-0.05, 0) is 38.0 Å². The van der Waals surface area contributed by atoms with Crippen LogP contribution in [-0.2, 0) is 14.3 Å². The van der Waals surface area contributed by atoms with Gasteiger partial charge in [0.15, 0.2) is 6.04 Å². The fourth-order valence-electron chi connectivity index (χ4n) is 2.25. The Morgan fingerprint density at radius 2 is 2.14 bits per heavy atom. The molecule has 0 aromatic heterocycles. The Bertz CT molecular complexity index is 610. The summed E-state index contributed by atoms with van der Waals surface area (Å²) in [6.45, 7) is 5.78. The average Bonchev–Trinajstić information content (AvgIpc) is 2.87. The Morgan fingerprint density at radius 3 is 2.76 bits per heavy atom. The lowest BCUT2D eigenvalue weighted by Gasteiger charge is -2.22. The first kappa shape index (κ1) is 15.0. The van der Waals surface area contributed by atoms with E-state index in [1.807, 2.05) is 26.0 Å². The van der Waals surface area contributed by atoms with Crippen LogP contribution in [0.1, 0.15) is 24.5 Å². The highest BCUT2D eigenvalue weighted by Gasteiger charge is 2.37. The molecule has 0 saturated carbocycles. The Morgan fingerprint density at radius 1 is 1.43 bits per heavy atom. The number of carboxylic acids is 1. The van der Waals surface area contributed by atoms with Crippen molar-refractivity contribution < 1.29 is 19.4 Å². The quantitative estimate of drug-likeness (QED) is 0.857. The van der Waals surface area contributed by atoms with Crippen molar-refractivity contribution in [1.82, 2.24) is 0 Å². The monoisotopic (exact) mass is 290 g/mol. The van der Waals surface area contributed by atoms with Gasteiger partial charge in [-0.25, -0.2) is 9.59 Å². The number of hydrogen-bond acceptors (Lipinski definition) is 5. The van der Waals surface area contributed by atoms with Gasteiger partial charge in [0, 0.05) is 6.42 Å². The van der Waals surface area contributed by atoms with E-state index in [2.05, 4.69) is 5.10 Å². The van der Waals surface area contributed by atoms with Crippen LogP contribution in [0.4, 0.5) is 5.69 Å². The van der Waals surface area contributed by atoms with Crippen molar-refractivity contribution in [2.75, 3.05) is 11.6 Å². The number of carbonyl (C=O) groups is 2. The zero-order valence-corrected chi connectivity index (χ0v) is 12.3. The number of hydrazone groups is 1. The van der Waals surface area contributed by atoms with Gasteiger partial charge in [0.2, 0.25) is 0 Å². The SMILES string of the molecule is CCOC(=O)C1=NN(c2cccc(C)c2C)[C@H](C(=O)O)C1. The molecule has 6 nitrogen and oxygen atoms in total. The standard InChI is InChI=1S/C15H18N2O4/c1-4-21-15(20)11-8-13(14(18)19)17(16-11)12-7-5-6-9(2)10(12)3/h5-7,13H,4,8H2,1-3H3,(H,18,19)/t13-/m0/s1. The molecule has 1 aromatic carbocycles. The summed E-state index contributed by atoms with van der Waals surface area (Å²) in [5, 5.41) is 14.9. The number of carbonyl (C=O) groups excluding carboxylic acids is 1. The van der Waals surface area contributed by atoms with Crippen molar-refractivity contribution in [3.05, 3.63) is 29.3 Å². The van der Waals surface area contributed by atoms with E-state index in [1.165, 1.54) is 5.01 Å². The minimum atomic E-state index is -1.01. The van der Waals surface area contributed by atoms with Gasteiger partial charge in [0.05, 0.1) is 12.3 Å². The van der Waals surface area contributed by atoms with Gasteiger partial charge in [-0.15, -0.1) is 0 Å². The minimum absolute atomic E-state index is 0.0432. The van der Waals surface area contributed by atoms with Gasteiger partial charge < -0.3 is 9.84 Å². The zero-order chi connectivity index (χ0) is 15.6. The molecule has 21 heavy (non-hydrogen) atoms. The summed E-state index contributed by atoms with van der Waals surface area (Å²) >= 11 is 0. The van der Waals surface area contributed by atoms with Crippen LogP contribution in [-0.4, -0.2) is 35.4 Å². The van der Waals surface area contributed by atoms with Crippen molar-refractivity contribution in [2.24, 2.45) is 5.10 Å². The molecule has 0 bridgehead atoms. The molecule has 0 radical (unpaired) electrons. The molecule has 0 fully saturated rings. The molecule has 0 unspecified atom stereocenters. The van der Waals surface area contributed by atoms with E-state index in [1.54, 1.807) is 13.0 Å². The first-order valence-corrected chi connectivity index (χ1v) is 6.78. The lowest BCUT2D eigenvalue weighted by Crippen LogP contribution is -2.35. The van der Waals surface area contributed by atoms with Crippen LogP contribution in [0.5, 0.6) is 0 Å². The third-order valence-corrected chi connectivity index (χ3v) is 3.53. The number of esters is 1. The van der Waals surface area contributed by atoms with Crippen LogP contribution in [0.25, 0.3) is 0 Å². The highest BCUT2D eigenvalue weighted by Crippen LogP contribution is 2.29. The number of anilines is 1. The highest BCUT2D eigenvalue weighted by molar-refractivity contribution is 6.38. The normalized spacial score (nSPS) is 17.6. The summed E-state index contributed by atoms with van der Waals surface area (Å²) < 4.78 is 4.90. The molecule has 2 rings (SSSR count). The van der Waals surface area contributed by atoms with Gasteiger partial charge in [-0.2, -0.15) is 5.10 Å². The van der Waals surface area contributed by atoms with Gasteiger partial charge in [-0.1, -0.05) is 12.1 Å². The Labute approximate surface area is 123 Å². The maximum absolute atomic E-state index is 11.8. The lowest BCUT2D eigenvalue weighted by molar-refractivity contribution is -0.138. The smallest absolute Gasteiger partial charge is 0.354 e. The summed E-state index contributed by atoms with van der Waals surface area (Å²) in [5.41, 5.74) is 2.82. The number of carboxylic acid groups (broad SMARTS) is 1. The van der Waals surface area contributed by atoms with E-state index in [0.717, 1.165) is 11.1 Å². The summed E-state index contributed by atoms with van der Waals surface area (Å²) in [7, 11) is 0. The number of ether oxygens (including phenoxy) is 1. The van der Waals surface area contributed by atoms with Crippen molar-refractivity contribution in [1.29, 1.82) is 0 Å². The van der Waals surface area contributed by atoms with Gasteiger partial charge in [-0.3, -0.25) is 5.01 Å². The number of aliphatic carboxylic acids is 1. The van der Waals surface area contributed by atoms with Crippen molar-refractivity contribution >= 4 is 23.3 Å². The number of nitrogens with zero attached hydrogens (tertiary/aromatic N) is 2. The van der Waals surface area contributed by atoms with E-state index < -0.39 is 18.0 Å². The fraction of sp³-hybridized carbons (Fsp3) is 0.400. The van der Waals surface area contributed by atoms with Crippen molar-refractivity contribution in [2.45, 2.75) is 33.2 Å². The van der Waals surface area contributed by atoms with E-state index in [0.29, 0.717) is 5.69 Å². The molecule has 1 aliphatic rings. The molecule has 0 aliphatic carbocycles. The molecule has 0 saturated heterocycles. The first-order chi connectivity index (χ1) is 9.95. The second kappa shape index (κ2) is 5.95. The molecular formula is C15H18N2O4. The molecule has 6 heteroatoms. The van der Waals surface area contributed by atoms with Crippen LogP contribution >= 0.6 is 0 Å². The molecule has 112 valence electrons. The number of benzene rings is 1. The number of hydrogen-bond donors (Lipinski definition) is 1. The second-order valence-corrected chi connectivity index (χ2v) is 4.89. The largest absolute Gasteiger partial charge is 0.480 e. The van der Waals surface area contributed by atoms with Crippen molar-refractivity contribution in [3.8, 4) is 0 Å². The number of rotatable bonds is 4. The average molecular weight is 290 g/mol. The third kappa shape index (κ3) is 2.89. The highest BCUT2D eigenvalue weighted by atomic mass is 16.5. The van der Waals surface area contributed by atoms with Crippen molar-refractivity contribution in [3.63, 3.8) is 0 Å². The van der Waals surface area contributed by atoms with Crippen LogP contribution in [0.15, 0.2) is 23.3 Å². The van der Waals surface area contributed by atoms with E-state index >= 15 is 0 Å². The fourth-order valence-corrected chi connectivity index (χ4v) is 2.25. The summed E-state index contributed by atoms with van der Waals surface area (Å²) in [5.74, 6) is -1.57. The number of aryl methyl sites for hydroxylation is 1. The maximum atomic E-state index is 11.8. The lowest BCUT2D eigenvalue weighted by atomic mass is 10.1. The minimum Gasteiger partial charge on any atom is -0.480 e.